The van der Waals surface area contributed by atoms with Crippen molar-refractivity contribution in [1.82, 2.24) is 16.2 Å². The van der Waals surface area contributed by atoms with E-state index < -0.39 is 0 Å². The summed E-state index contributed by atoms with van der Waals surface area (Å²) in [5.74, 6) is 0.756. The van der Waals surface area contributed by atoms with E-state index in [9.17, 15) is 4.79 Å². The van der Waals surface area contributed by atoms with Crippen LogP contribution in [0, 0.1) is 0 Å². The highest BCUT2D eigenvalue weighted by Crippen LogP contribution is 2.38. The maximum absolute atomic E-state index is 11.8. The average molecular weight is 370 g/mol. The zero-order valence-electron chi connectivity index (χ0n) is 13.7. The number of amides is 1. The molecule has 3 N–H and O–H groups in total. The third-order valence-electron chi connectivity index (χ3n) is 2.83. The van der Waals surface area contributed by atoms with Crippen LogP contribution in [0.5, 0.6) is 11.5 Å². The van der Waals surface area contributed by atoms with E-state index >= 15 is 0 Å². The van der Waals surface area contributed by atoms with E-state index in [0.29, 0.717) is 34.8 Å². The molecule has 130 valence electrons. The number of thiocarbonyl (C=S) groups is 1. The summed E-state index contributed by atoms with van der Waals surface area (Å²) in [6, 6.07) is 3.47. The molecule has 8 heteroatoms. The molecule has 1 heterocycles. The Balaban J connectivity index is 1.92. The minimum atomic E-state index is -0.348. The summed E-state index contributed by atoms with van der Waals surface area (Å²) in [7, 11) is 0. The third-order valence-corrected chi connectivity index (χ3v) is 3.32. The molecule has 1 aromatic rings. The van der Waals surface area contributed by atoms with Crippen LogP contribution in [0.3, 0.4) is 0 Å². The second-order valence-corrected chi connectivity index (χ2v) is 6.99. The summed E-state index contributed by atoms with van der Waals surface area (Å²) >= 11 is 11.2. The van der Waals surface area contributed by atoms with E-state index in [2.05, 4.69) is 16.2 Å². The predicted octanol–water partition coefficient (Wildman–Crippen LogP) is 2.42. The molecule has 0 saturated heterocycles. The van der Waals surface area contributed by atoms with Gasteiger partial charge in [0.2, 0.25) is 0 Å². The number of carbonyl (C=O) groups is 1. The Bertz CT molecular complexity index is 671. The fourth-order valence-corrected chi connectivity index (χ4v) is 2.56. The summed E-state index contributed by atoms with van der Waals surface area (Å²) in [5, 5.41) is 3.81. The zero-order chi connectivity index (χ0) is 17.7. The van der Waals surface area contributed by atoms with Crippen LogP contribution in [0.2, 0.25) is 5.02 Å². The standard InChI is InChI=1S/C16H20ClN3O3S/c1-16(2,3)18-15(24)20-19-13(21)5-4-10-8-11(17)14-12(9-10)22-6-7-23-14/h4-5,8-9H,6-7H2,1-3H3,(H,19,21)(H2,18,20,24)/b5-4+. The molecule has 0 atom stereocenters. The highest BCUT2D eigenvalue weighted by molar-refractivity contribution is 7.80. The zero-order valence-corrected chi connectivity index (χ0v) is 15.3. The summed E-state index contributed by atoms with van der Waals surface area (Å²) in [4.78, 5) is 11.8. The Morgan fingerprint density at radius 1 is 1.25 bits per heavy atom. The molecule has 1 aliphatic rings. The van der Waals surface area contributed by atoms with Crippen LogP contribution in [0.15, 0.2) is 18.2 Å². The van der Waals surface area contributed by atoms with E-state index in [1.807, 2.05) is 20.8 Å². The Morgan fingerprint density at radius 2 is 1.96 bits per heavy atom. The molecule has 6 nitrogen and oxygen atoms in total. The number of halogens is 1. The highest BCUT2D eigenvalue weighted by Gasteiger charge is 2.16. The van der Waals surface area contributed by atoms with Crippen molar-refractivity contribution in [2.75, 3.05) is 13.2 Å². The Hall–Kier alpha value is -1.99. The minimum absolute atomic E-state index is 0.188. The largest absolute Gasteiger partial charge is 0.486 e. The number of fused-ring (bicyclic) bond motifs is 1. The minimum Gasteiger partial charge on any atom is -0.486 e. The van der Waals surface area contributed by atoms with Crippen LogP contribution in [0.1, 0.15) is 26.3 Å². The van der Waals surface area contributed by atoms with Gasteiger partial charge in [-0.2, -0.15) is 0 Å². The Labute approximate surface area is 151 Å². The van der Waals surface area contributed by atoms with E-state index in [-0.39, 0.29) is 11.4 Å². The number of hydrogen-bond donors (Lipinski definition) is 3. The molecule has 1 aliphatic heterocycles. The van der Waals surface area contributed by atoms with Crippen molar-refractivity contribution >= 4 is 40.9 Å². The van der Waals surface area contributed by atoms with E-state index in [4.69, 9.17) is 33.3 Å². The first-order chi connectivity index (χ1) is 11.2. The second-order valence-electron chi connectivity index (χ2n) is 6.18. The molecule has 0 aromatic heterocycles. The molecule has 0 unspecified atom stereocenters. The lowest BCUT2D eigenvalue weighted by Crippen LogP contribution is -2.51. The molecule has 1 aromatic carbocycles. The molecule has 24 heavy (non-hydrogen) atoms. The summed E-state index contributed by atoms with van der Waals surface area (Å²) in [6.45, 7) is 6.84. The van der Waals surface area contributed by atoms with Crippen molar-refractivity contribution in [3.05, 3.63) is 28.8 Å². The van der Waals surface area contributed by atoms with Gasteiger partial charge in [-0.3, -0.25) is 15.6 Å². The van der Waals surface area contributed by atoms with Crippen LogP contribution in [-0.4, -0.2) is 29.8 Å². The molecule has 1 amide bonds. The fourth-order valence-electron chi connectivity index (χ4n) is 1.93. The van der Waals surface area contributed by atoms with Crippen molar-refractivity contribution < 1.29 is 14.3 Å². The predicted molar refractivity (Wildman–Crippen MR) is 98.2 cm³/mol. The molecule has 2 rings (SSSR count). The van der Waals surface area contributed by atoms with Crippen LogP contribution in [0.25, 0.3) is 6.08 Å². The van der Waals surface area contributed by atoms with Crippen LogP contribution in [-0.2, 0) is 4.79 Å². The summed E-state index contributed by atoms with van der Waals surface area (Å²) < 4.78 is 10.9. The van der Waals surface area contributed by atoms with Crippen molar-refractivity contribution in [1.29, 1.82) is 0 Å². The molecule has 0 fully saturated rings. The number of ether oxygens (including phenoxy) is 2. The second kappa shape index (κ2) is 7.72. The van der Waals surface area contributed by atoms with Gasteiger partial charge < -0.3 is 14.8 Å². The average Bonchev–Trinajstić information content (AvgIpc) is 2.49. The number of benzene rings is 1. The smallest absolute Gasteiger partial charge is 0.262 e. The molecule has 0 radical (unpaired) electrons. The normalized spacial score (nSPS) is 13.5. The lowest BCUT2D eigenvalue weighted by atomic mass is 10.1. The lowest BCUT2D eigenvalue weighted by Gasteiger charge is -2.22. The van der Waals surface area contributed by atoms with E-state index in [1.165, 1.54) is 6.08 Å². The van der Waals surface area contributed by atoms with Crippen molar-refractivity contribution in [2.45, 2.75) is 26.3 Å². The maximum Gasteiger partial charge on any atom is 0.262 e. The monoisotopic (exact) mass is 369 g/mol. The van der Waals surface area contributed by atoms with Gasteiger partial charge in [0, 0.05) is 11.6 Å². The molecule has 0 aliphatic carbocycles. The maximum atomic E-state index is 11.8. The van der Waals surface area contributed by atoms with E-state index in [1.54, 1.807) is 18.2 Å². The van der Waals surface area contributed by atoms with Gasteiger partial charge in [0.05, 0.1) is 5.02 Å². The van der Waals surface area contributed by atoms with Crippen molar-refractivity contribution in [3.63, 3.8) is 0 Å². The number of carbonyl (C=O) groups excluding carboxylic acids is 1. The van der Waals surface area contributed by atoms with Gasteiger partial charge in [-0.05, 0) is 56.8 Å². The first-order valence-corrected chi connectivity index (χ1v) is 8.18. The first kappa shape index (κ1) is 18.4. The Morgan fingerprint density at radius 3 is 2.67 bits per heavy atom. The molecule has 0 spiro atoms. The van der Waals surface area contributed by atoms with Crippen LogP contribution < -0.4 is 25.6 Å². The third kappa shape index (κ3) is 5.58. The van der Waals surface area contributed by atoms with Crippen molar-refractivity contribution in [3.8, 4) is 11.5 Å². The summed E-state index contributed by atoms with van der Waals surface area (Å²) in [6.07, 6.45) is 3.00. The number of rotatable bonds is 2. The van der Waals surface area contributed by atoms with Crippen molar-refractivity contribution in [2.24, 2.45) is 0 Å². The van der Waals surface area contributed by atoms with Crippen LogP contribution in [0.4, 0.5) is 0 Å². The first-order valence-electron chi connectivity index (χ1n) is 7.40. The topological polar surface area (TPSA) is 71.6 Å². The van der Waals surface area contributed by atoms with Gasteiger partial charge in [0.15, 0.2) is 16.6 Å². The van der Waals surface area contributed by atoms with Gasteiger partial charge in [-0.1, -0.05) is 11.6 Å². The number of nitrogens with one attached hydrogen (secondary N) is 3. The van der Waals surface area contributed by atoms with Crippen LogP contribution >= 0.6 is 23.8 Å². The molecule has 0 saturated carbocycles. The van der Waals surface area contributed by atoms with Gasteiger partial charge in [0.25, 0.3) is 5.91 Å². The SMILES string of the molecule is CC(C)(C)NC(=S)NNC(=O)/C=C/c1cc(Cl)c2c(c1)OCCO2. The molecule has 0 bridgehead atoms. The fraction of sp³-hybridized carbons (Fsp3) is 0.375. The quantitative estimate of drug-likeness (QED) is 0.422. The number of hydrogen-bond acceptors (Lipinski definition) is 4. The van der Waals surface area contributed by atoms with Gasteiger partial charge >= 0.3 is 0 Å². The highest BCUT2D eigenvalue weighted by atomic mass is 35.5. The Kier molecular flexibility index (Phi) is 5.90. The summed E-state index contributed by atoms with van der Waals surface area (Å²) in [5.41, 5.74) is 5.66. The number of hydrazine groups is 1. The van der Waals surface area contributed by atoms with Gasteiger partial charge in [-0.25, -0.2) is 0 Å². The van der Waals surface area contributed by atoms with E-state index in [0.717, 1.165) is 5.56 Å². The molecular formula is C16H20ClN3O3S. The lowest BCUT2D eigenvalue weighted by molar-refractivity contribution is -0.117. The molecular weight excluding hydrogens is 350 g/mol. The van der Waals surface area contributed by atoms with Gasteiger partial charge in [0.1, 0.15) is 13.2 Å². The van der Waals surface area contributed by atoms with Gasteiger partial charge in [-0.15, -0.1) is 0 Å².